The van der Waals surface area contributed by atoms with E-state index in [1.165, 1.54) is 0 Å². The van der Waals surface area contributed by atoms with Gasteiger partial charge < -0.3 is 18.3 Å². The van der Waals surface area contributed by atoms with Crippen molar-refractivity contribution in [2.45, 2.75) is 24.7 Å². The van der Waals surface area contributed by atoms with E-state index >= 15 is 0 Å². The molecule has 0 aliphatic heterocycles. The predicted octanol–water partition coefficient (Wildman–Crippen LogP) is 1.59. The molecule has 0 aromatic carbocycles. The molecule has 1 saturated carbocycles. The van der Waals surface area contributed by atoms with Crippen molar-refractivity contribution in [2.24, 2.45) is 0 Å². The van der Waals surface area contributed by atoms with E-state index < -0.39 is 12.8 Å². The Morgan fingerprint density at radius 1 is 1.30 bits per heavy atom. The van der Waals surface area contributed by atoms with Crippen molar-refractivity contribution in [1.82, 2.24) is 5.32 Å². The van der Waals surface area contributed by atoms with Crippen molar-refractivity contribution < 1.29 is 12.9 Å². The van der Waals surface area contributed by atoms with E-state index in [-0.39, 0.29) is 18.9 Å². The smallest absolute Gasteiger partial charge is 0.449 e. The normalized spacial score (nSPS) is 33.6. The van der Waals surface area contributed by atoms with Gasteiger partial charge in [0, 0.05) is 6.04 Å². The highest BCUT2D eigenvalue weighted by Crippen LogP contribution is 2.42. The van der Waals surface area contributed by atoms with Gasteiger partial charge in [0.25, 0.3) is 0 Å². The molecule has 0 bridgehead atoms. The summed E-state index contributed by atoms with van der Waals surface area (Å²) in [5.74, 6) is -0.988. The van der Waals surface area contributed by atoms with Crippen molar-refractivity contribution >= 4 is 6.98 Å². The molecule has 1 fully saturated rings. The molecule has 0 unspecified atom stereocenters. The van der Waals surface area contributed by atoms with Crippen molar-refractivity contribution in [1.29, 1.82) is 0 Å². The summed E-state index contributed by atoms with van der Waals surface area (Å²) in [7, 11) is 1.70. The number of nitrogens with one attached hydrogen (secondary N) is 1. The second-order valence-corrected chi connectivity index (χ2v) is 2.84. The average Bonchev–Trinajstić information content (AvgIpc) is 1.57. The maximum absolute atomic E-state index is 11.8. The zero-order valence-electron chi connectivity index (χ0n) is 5.78. The molecular weight excluding hydrogens is 142 g/mol. The van der Waals surface area contributed by atoms with Crippen molar-refractivity contribution in [2.75, 3.05) is 7.05 Å². The molecule has 10 heavy (non-hydrogen) atoms. The van der Waals surface area contributed by atoms with Gasteiger partial charge in [-0.3, -0.25) is 0 Å². The number of hydrogen-bond acceptors (Lipinski definition) is 1. The molecule has 1 nitrogen and oxygen atoms in total. The van der Waals surface area contributed by atoms with Crippen molar-refractivity contribution in [3.8, 4) is 0 Å². The molecule has 0 aromatic rings. The molecule has 1 aliphatic rings. The fourth-order valence-corrected chi connectivity index (χ4v) is 1.21. The predicted molar refractivity (Wildman–Crippen MR) is 34.9 cm³/mol. The molecule has 60 valence electrons. The summed E-state index contributed by atoms with van der Waals surface area (Å²) in [6, 6.07) is 0.105. The fourth-order valence-electron chi connectivity index (χ4n) is 1.21. The molecule has 0 aromatic heterocycles. The highest BCUT2D eigenvalue weighted by atomic mass is 19.4. The first kappa shape index (κ1) is 7.92. The van der Waals surface area contributed by atoms with E-state index in [2.05, 4.69) is 5.32 Å². The second-order valence-electron chi connectivity index (χ2n) is 2.84. The fraction of sp³-hybridized carbons (Fsp3) is 1.00. The van der Waals surface area contributed by atoms with Crippen LogP contribution >= 0.6 is 0 Å². The monoisotopic (exact) mass is 152 g/mol. The SMILES string of the molecule is CNC1CC([B-](F)(F)F)C1. The zero-order chi connectivity index (χ0) is 7.78. The van der Waals surface area contributed by atoms with Crippen LogP contribution in [0.15, 0.2) is 0 Å². The standard InChI is InChI=1S/C5H10BF3N/c1-10-5-2-4(3-5)6(7,8)9/h4-5,10H,2-3H2,1H3/q-1. The van der Waals surface area contributed by atoms with E-state index in [1.54, 1.807) is 7.05 Å². The van der Waals surface area contributed by atoms with Crippen LogP contribution in [0.1, 0.15) is 12.8 Å². The maximum Gasteiger partial charge on any atom is 0.481 e. The van der Waals surface area contributed by atoms with Crippen LogP contribution in [0.5, 0.6) is 0 Å². The lowest BCUT2D eigenvalue weighted by Crippen LogP contribution is -2.44. The quantitative estimate of drug-likeness (QED) is 0.592. The number of halogens is 3. The molecule has 0 heterocycles. The van der Waals surface area contributed by atoms with Gasteiger partial charge >= 0.3 is 6.98 Å². The second kappa shape index (κ2) is 2.45. The molecule has 1 rings (SSSR count). The van der Waals surface area contributed by atoms with E-state index in [4.69, 9.17) is 0 Å². The number of hydrogen-bond donors (Lipinski definition) is 1. The first-order valence-corrected chi connectivity index (χ1v) is 3.41. The van der Waals surface area contributed by atoms with Gasteiger partial charge in [-0.05, 0) is 7.05 Å². The Morgan fingerprint density at radius 2 is 1.80 bits per heavy atom. The Balaban J connectivity index is 2.26. The molecule has 1 aliphatic carbocycles. The lowest BCUT2D eigenvalue weighted by atomic mass is 9.59. The van der Waals surface area contributed by atoms with Crippen LogP contribution in [0.3, 0.4) is 0 Å². The summed E-state index contributed by atoms with van der Waals surface area (Å²) in [6.45, 7) is -4.55. The minimum Gasteiger partial charge on any atom is -0.449 e. The summed E-state index contributed by atoms with van der Waals surface area (Å²) in [6.07, 6.45) is 0.556. The Kier molecular flexibility index (Phi) is 1.94. The largest absolute Gasteiger partial charge is 0.481 e. The zero-order valence-corrected chi connectivity index (χ0v) is 5.78. The van der Waals surface area contributed by atoms with Crippen LogP contribution < -0.4 is 5.32 Å². The summed E-state index contributed by atoms with van der Waals surface area (Å²) in [5, 5.41) is 2.81. The Labute approximate surface area is 58.0 Å². The summed E-state index contributed by atoms with van der Waals surface area (Å²) >= 11 is 0. The minimum absolute atomic E-state index is 0.105. The van der Waals surface area contributed by atoms with Crippen LogP contribution in [-0.2, 0) is 0 Å². The van der Waals surface area contributed by atoms with Gasteiger partial charge in [-0.25, -0.2) is 0 Å². The Bertz CT molecular complexity index is 119. The van der Waals surface area contributed by atoms with Gasteiger partial charge in [-0.2, -0.15) is 0 Å². The lowest BCUT2D eigenvalue weighted by Gasteiger charge is -2.41. The molecule has 0 amide bonds. The summed E-state index contributed by atoms with van der Waals surface area (Å²) < 4.78 is 35.5. The third kappa shape index (κ3) is 1.45. The van der Waals surface area contributed by atoms with Crippen LogP contribution in [0, 0.1) is 0 Å². The minimum atomic E-state index is -4.55. The number of rotatable bonds is 2. The van der Waals surface area contributed by atoms with Crippen LogP contribution in [0.4, 0.5) is 12.9 Å². The van der Waals surface area contributed by atoms with E-state index in [0.717, 1.165) is 0 Å². The summed E-state index contributed by atoms with van der Waals surface area (Å²) in [5.41, 5.74) is 0. The van der Waals surface area contributed by atoms with Gasteiger partial charge in [0.15, 0.2) is 0 Å². The van der Waals surface area contributed by atoms with Crippen molar-refractivity contribution in [3.63, 3.8) is 0 Å². The van der Waals surface area contributed by atoms with E-state index in [9.17, 15) is 12.9 Å². The van der Waals surface area contributed by atoms with Crippen LogP contribution in [-0.4, -0.2) is 20.1 Å². The van der Waals surface area contributed by atoms with E-state index in [1.807, 2.05) is 0 Å². The molecule has 0 radical (unpaired) electrons. The van der Waals surface area contributed by atoms with Gasteiger partial charge in [0.1, 0.15) is 0 Å². The molecule has 5 heteroatoms. The summed E-state index contributed by atoms with van der Waals surface area (Å²) in [4.78, 5) is 0. The molecular formula is C5H10BF3N-. The van der Waals surface area contributed by atoms with Gasteiger partial charge in [0.05, 0.1) is 0 Å². The third-order valence-electron chi connectivity index (χ3n) is 2.12. The molecule has 0 spiro atoms. The molecule has 0 saturated heterocycles. The first-order valence-electron chi connectivity index (χ1n) is 3.41. The van der Waals surface area contributed by atoms with Gasteiger partial charge in [-0.1, -0.05) is 18.7 Å². The maximum atomic E-state index is 11.8. The Morgan fingerprint density at radius 3 is 2.10 bits per heavy atom. The van der Waals surface area contributed by atoms with E-state index in [0.29, 0.717) is 0 Å². The third-order valence-corrected chi connectivity index (χ3v) is 2.12. The highest BCUT2D eigenvalue weighted by Gasteiger charge is 2.42. The van der Waals surface area contributed by atoms with Crippen LogP contribution in [0.25, 0.3) is 0 Å². The van der Waals surface area contributed by atoms with Gasteiger partial charge in [-0.15, -0.1) is 0 Å². The molecule has 0 atom stereocenters. The molecule has 1 N–H and O–H groups in total. The average molecular weight is 152 g/mol. The van der Waals surface area contributed by atoms with Gasteiger partial charge in [0.2, 0.25) is 0 Å². The van der Waals surface area contributed by atoms with Crippen LogP contribution in [0.2, 0.25) is 5.82 Å². The Hall–Kier alpha value is -0.185. The highest BCUT2D eigenvalue weighted by molar-refractivity contribution is 6.60. The van der Waals surface area contributed by atoms with Crippen molar-refractivity contribution in [3.05, 3.63) is 0 Å². The lowest BCUT2D eigenvalue weighted by molar-refractivity contribution is 0.290. The topological polar surface area (TPSA) is 12.0 Å². The first-order chi connectivity index (χ1) is 4.54.